The van der Waals surface area contributed by atoms with Crippen LogP contribution in [0.15, 0.2) is 48.5 Å². The molecule has 2 aromatic rings. The highest BCUT2D eigenvalue weighted by molar-refractivity contribution is 6.32. The normalized spacial score (nSPS) is 19.4. The van der Waals surface area contributed by atoms with Crippen molar-refractivity contribution in [3.05, 3.63) is 59.1 Å². The summed E-state index contributed by atoms with van der Waals surface area (Å²) < 4.78 is 10.7. The molecule has 0 spiro atoms. The summed E-state index contributed by atoms with van der Waals surface area (Å²) in [6.07, 6.45) is 0. The number of rotatable bonds is 6. The van der Waals surface area contributed by atoms with E-state index >= 15 is 0 Å². The zero-order chi connectivity index (χ0) is 18.7. The molecule has 1 N–H and O–H groups in total. The summed E-state index contributed by atoms with van der Waals surface area (Å²) in [5, 5.41) is 3.24. The number of hydrogen-bond donors (Lipinski definition) is 1. The average Bonchev–Trinajstić information content (AvgIpc) is 2.87. The third kappa shape index (κ3) is 3.32. The van der Waals surface area contributed by atoms with Crippen molar-refractivity contribution in [1.29, 1.82) is 0 Å². The van der Waals surface area contributed by atoms with Gasteiger partial charge >= 0.3 is 6.03 Å². The van der Waals surface area contributed by atoms with Gasteiger partial charge in [0.2, 0.25) is 0 Å². The van der Waals surface area contributed by atoms with Crippen LogP contribution in [0.2, 0.25) is 5.02 Å². The van der Waals surface area contributed by atoms with Gasteiger partial charge in [-0.25, -0.2) is 4.79 Å². The minimum absolute atomic E-state index is 0.127. The molecule has 7 heteroatoms. The fourth-order valence-electron chi connectivity index (χ4n) is 2.83. The Labute approximate surface area is 156 Å². The maximum absolute atomic E-state index is 12.8. The first-order valence-corrected chi connectivity index (χ1v) is 8.49. The van der Waals surface area contributed by atoms with Gasteiger partial charge in [0.15, 0.2) is 0 Å². The van der Waals surface area contributed by atoms with E-state index in [-0.39, 0.29) is 19.1 Å². The van der Waals surface area contributed by atoms with Gasteiger partial charge in [-0.05, 0) is 36.8 Å². The van der Waals surface area contributed by atoms with Gasteiger partial charge in [-0.1, -0.05) is 35.9 Å². The number of hydrogen-bond acceptors (Lipinski definition) is 4. The Hall–Kier alpha value is -2.73. The zero-order valence-corrected chi connectivity index (χ0v) is 15.2. The maximum Gasteiger partial charge on any atom is 0.325 e. The zero-order valence-electron chi connectivity index (χ0n) is 14.5. The lowest BCUT2D eigenvalue weighted by Gasteiger charge is -2.22. The molecule has 1 aliphatic rings. The Balaban J connectivity index is 1.69. The van der Waals surface area contributed by atoms with Crippen LogP contribution in [0, 0.1) is 0 Å². The molecule has 2 aromatic carbocycles. The molecule has 3 amide bonds. The molecule has 1 fully saturated rings. The van der Waals surface area contributed by atoms with E-state index in [1.165, 1.54) is 0 Å². The number of urea groups is 1. The number of nitrogens with zero attached hydrogens (tertiary/aromatic N) is 1. The smallest absolute Gasteiger partial charge is 0.325 e. The molecule has 6 nitrogen and oxygen atoms in total. The van der Waals surface area contributed by atoms with Gasteiger partial charge in [-0.3, -0.25) is 9.69 Å². The third-order valence-electron chi connectivity index (χ3n) is 4.35. The standard InChI is InChI=1S/C19H19ClN2O4/c1-19(13-7-9-14(25-2)10-8-13)17(23)22(18(24)21-19)11-12-26-16-6-4-3-5-15(16)20/h3-10H,11-12H2,1-2H3,(H,21,24)/t19-/m0/s1. The molecule has 0 aliphatic carbocycles. The van der Waals surface area contributed by atoms with E-state index in [0.717, 1.165) is 4.90 Å². The minimum atomic E-state index is -1.12. The van der Waals surface area contributed by atoms with Gasteiger partial charge in [0.25, 0.3) is 5.91 Å². The van der Waals surface area contributed by atoms with E-state index in [1.54, 1.807) is 62.6 Å². The first-order valence-electron chi connectivity index (χ1n) is 8.11. The second-order valence-corrected chi connectivity index (χ2v) is 6.43. The number of carbonyl (C=O) groups excluding carboxylic acids is 2. The molecule has 0 saturated carbocycles. The minimum Gasteiger partial charge on any atom is -0.497 e. The van der Waals surface area contributed by atoms with Crippen molar-refractivity contribution < 1.29 is 19.1 Å². The van der Waals surface area contributed by atoms with Gasteiger partial charge < -0.3 is 14.8 Å². The predicted octanol–water partition coefficient (Wildman–Crippen LogP) is 3.19. The molecule has 1 heterocycles. The van der Waals surface area contributed by atoms with Crippen molar-refractivity contribution in [2.24, 2.45) is 0 Å². The molecule has 1 saturated heterocycles. The molecule has 0 radical (unpaired) electrons. The Bertz CT molecular complexity index is 825. The number of para-hydroxylation sites is 1. The number of imide groups is 1. The number of amides is 3. The average molecular weight is 375 g/mol. The van der Waals surface area contributed by atoms with Gasteiger partial charge in [0, 0.05) is 0 Å². The van der Waals surface area contributed by atoms with Gasteiger partial charge in [-0.15, -0.1) is 0 Å². The van der Waals surface area contributed by atoms with Crippen LogP contribution in [0.1, 0.15) is 12.5 Å². The van der Waals surface area contributed by atoms with Crippen molar-refractivity contribution in [1.82, 2.24) is 10.2 Å². The molecule has 0 bridgehead atoms. The van der Waals surface area contributed by atoms with Crippen molar-refractivity contribution >= 4 is 23.5 Å². The van der Waals surface area contributed by atoms with Crippen LogP contribution in [0.5, 0.6) is 11.5 Å². The quantitative estimate of drug-likeness (QED) is 0.788. The summed E-state index contributed by atoms with van der Waals surface area (Å²) in [7, 11) is 1.57. The number of ether oxygens (including phenoxy) is 2. The van der Waals surface area contributed by atoms with E-state index in [4.69, 9.17) is 21.1 Å². The van der Waals surface area contributed by atoms with Crippen molar-refractivity contribution in [2.75, 3.05) is 20.3 Å². The second kappa shape index (κ2) is 7.25. The highest BCUT2D eigenvalue weighted by Crippen LogP contribution is 2.30. The van der Waals surface area contributed by atoms with Gasteiger partial charge in [0.05, 0.1) is 18.7 Å². The number of carbonyl (C=O) groups is 2. The number of methoxy groups -OCH3 is 1. The molecule has 3 rings (SSSR count). The van der Waals surface area contributed by atoms with Crippen LogP contribution in [0.4, 0.5) is 4.79 Å². The highest BCUT2D eigenvalue weighted by Gasteiger charge is 2.48. The van der Waals surface area contributed by atoms with E-state index in [2.05, 4.69) is 5.32 Å². The van der Waals surface area contributed by atoms with Crippen LogP contribution in [-0.4, -0.2) is 37.1 Å². The number of halogens is 1. The summed E-state index contributed by atoms with van der Waals surface area (Å²) in [4.78, 5) is 26.3. The summed E-state index contributed by atoms with van der Waals surface area (Å²) in [6.45, 7) is 1.97. The van der Waals surface area contributed by atoms with E-state index in [9.17, 15) is 9.59 Å². The van der Waals surface area contributed by atoms with Crippen molar-refractivity contribution in [2.45, 2.75) is 12.5 Å². The van der Waals surface area contributed by atoms with Crippen LogP contribution < -0.4 is 14.8 Å². The Kier molecular flexibility index (Phi) is 5.04. The fourth-order valence-corrected chi connectivity index (χ4v) is 3.02. The predicted molar refractivity (Wildman–Crippen MR) is 97.5 cm³/mol. The van der Waals surface area contributed by atoms with E-state index in [1.807, 2.05) is 0 Å². The molecular weight excluding hydrogens is 356 g/mol. The fraction of sp³-hybridized carbons (Fsp3) is 0.263. The molecule has 0 unspecified atom stereocenters. The molecule has 1 aliphatic heterocycles. The Morgan fingerprint density at radius 2 is 1.81 bits per heavy atom. The Morgan fingerprint density at radius 3 is 2.46 bits per heavy atom. The van der Waals surface area contributed by atoms with E-state index in [0.29, 0.717) is 22.1 Å². The second-order valence-electron chi connectivity index (χ2n) is 6.02. The van der Waals surface area contributed by atoms with Crippen molar-refractivity contribution in [3.8, 4) is 11.5 Å². The largest absolute Gasteiger partial charge is 0.497 e. The maximum atomic E-state index is 12.8. The lowest BCUT2D eigenvalue weighted by molar-refractivity contribution is -0.131. The highest BCUT2D eigenvalue weighted by atomic mass is 35.5. The third-order valence-corrected chi connectivity index (χ3v) is 4.66. The monoisotopic (exact) mass is 374 g/mol. The first kappa shape index (κ1) is 18.1. The summed E-state index contributed by atoms with van der Waals surface area (Å²) in [5.74, 6) is 0.869. The lowest BCUT2D eigenvalue weighted by Crippen LogP contribution is -2.41. The molecule has 1 atom stereocenters. The SMILES string of the molecule is COc1ccc([C@]2(C)NC(=O)N(CCOc3ccccc3Cl)C2=O)cc1. The summed E-state index contributed by atoms with van der Waals surface area (Å²) >= 11 is 6.03. The lowest BCUT2D eigenvalue weighted by atomic mass is 9.92. The first-order chi connectivity index (χ1) is 12.5. The van der Waals surface area contributed by atoms with Crippen LogP contribution in [-0.2, 0) is 10.3 Å². The molecular formula is C19H19ClN2O4. The van der Waals surface area contributed by atoms with Crippen LogP contribution >= 0.6 is 11.6 Å². The summed E-state index contributed by atoms with van der Waals surface area (Å²) in [5.41, 5.74) is -0.431. The molecule has 136 valence electrons. The number of benzene rings is 2. The molecule has 26 heavy (non-hydrogen) atoms. The number of nitrogens with one attached hydrogen (secondary N) is 1. The van der Waals surface area contributed by atoms with Crippen molar-refractivity contribution in [3.63, 3.8) is 0 Å². The van der Waals surface area contributed by atoms with Gasteiger partial charge in [-0.2, -0.15) is 0 Å². The topological polar surface area (TPSA) is 67.9 Å². The van der Waals surface area contributed by atoms with Crippen LogP contribution in [0.25, 0.3) is 0 Å². The molecule has 0 aromatic heterocycles. The summed E-state index contributed by atoms with van der Waals surface area (Å²) in [6, 6.07) is 13.6. The van der Waals surface area contributed by atoms with Crippen LogP contribution in [0.3, 0.4) is 0 Å². The van der Waals surface area contributed by atoms with E-state index < -0.39 is 11.6 Å². The Morgan fingerprint density at radius 1 is 1.12 bits per heavy atom. The van der Waals surface area contributed by atoms with Gasteiger partial charge in [0.1, 0.15) is 23.6 Å².